The summed E-state index contributed by atoms with van der Waals surface area (Å²) >= 11 is 0. The average molecular weight is 438 g/mol. The summed E-state index contributed by atoms with van der Waals surface area (Å²) in [6.45, 7) is 0.0791. The van der Waals surface area contributed by atoms with Crippen molar-refractivity contribution < 1.29 is 28.2 Å². The quantitative estimate of drug-likeness (QED) is 0.377. The third-order valence-electron chi connectivity index (χ3n) is 5.22. The Morgan fingerprint density at radius 3 is 2.62 bits per heavy atom. The van der Waals surface area contributed by atoms with E-state index in [2.05, 4.69) is 10.1 Å². The van der Waals surface area contributed by atoms with Crippen molar-refractivity contribution in [1.82, 2.24) is 5.32 Å². The van der Waals surface area contributed by atoms with Crippen LogP contribution in [0.3, 0.4) is 0 Å². The fourth-order valence-electron chi connectivity index (χ4n) is 3.53. The third kappa shape index (κ3) is 5.91. The minimum absolute atomic E-state index is 0.0391. The van der Waals surface area contributed by atoms with Crippen LogP contribution in [-0.2, 0) is 16.1 Å². The lowest BCUT2D eigenvalue weighted by Gasteiger charge is -2.22. The molecular weight excluding hydrogens is 412 g/mol. The van der Waals surface area contributed by atoms with Crippen molar-refractivity contribution in [2.45, 2.75) is 44.8 Å². The second kappa shape index (κ2) is 11.0. The fraction of sp³-hybridized carbons (Fsp3) is 0.375. The van der Waals surface area contributed by atoms with Crippen LogP contribution in [0.1, 0.15) is 54.0 Å². The first-order valence-corrected chi connectivity index (χ1v) is 10.4. The number of nitrogens with zero attached hydrogens (tertiary/aromatic N) is 1. The molecule has 1 aliphatic rings. The van der Waals surface area contributed by atoms with Gasteiger partial charge in [-0.05, 0) is 48.7 Å². The number of nitriles is 1. The molecule has 1 heterocycles. The summed E-state index contributed by atoms with van der Waals surface area (Å²) in [7, 11) is 2.78. The molecule has 0 spiro atoms. The van der Waals surface area contributed by atoms with Gasteiger partial charge in [0, 0.05) is 6.04 Å². The molecule has 0 atom stereocenters. The van der Waals surface area contributed by atoms with Crippen molar-refractivity contribution in [1.29, 1.82) is 5.26 Å². The summed E-state index contributed by atoms with van der Waals surface area (Å²) in [5.41, 5.74) is 0.674. The molecule has 8 heteroatoms. The van der Waals surface area contributed by atoms with Crippen LogP contribution in [0.4, 0.5) is 0 Å². The lowest BCUT2D eigenvalue weighted by atomic mass is 9.95. The molecule has 1 aliphatic carbocycles. The van der Waals surface area contributed by atoms with Crippen molar-refractivity contribution in [3.63, 3.8) is 0 Å². The molecule has 1 N–H and O–H groups in total. The fourth-order valence-corrected chi connectivity index (χ4v) is 3.53. The van der Waals surface area contributed by atoms with Gasteiger partial charge < -0.3 is 23.9 Å². The zero-order chi connectivity index (χ0) is 22.9. The molecule has 0 saturated heterocycles. The average Bonchev–Trinajstić information content (AvgIpc) is 3.30. The predicted molar refractivity (Wildman–Crippen MR) is 116 cm³/mol. The number of esters is 1. The maximum absolute atomic E-state index is 12.5. The Balaban J connectivity index is 1.68. The SMILES string of the molecule is COC(=O)c1ccc(COc2ccc(/C=C(\C#N)C(=O)NC3CCCCC3)cc2OC)o1. The largest absolute Gasteiger partial charge is 0.493 e. The molecule has 0 bridgehead atoms. The van der Waals surface area contributed by atoms with E-state index < -0.39 is 5.97 Å². The van der Waals surface area contributed by atoms with Gasteiger partial charge in [0.2, 0.25) is 5.76 Å². The normalized spacial score (nSPS) is 14.3. The van der Waals surface area contributed by atoms with E-state index in [4.69, 9.17) is 13.9 Å². The first-order chi connectivity index (χ1) is 15.5. The van der Waals surface area contributed by atoms with Gasteiger partial charge in [0.25, 0.3) is 5.91 Å². The van der Waals surface area contributed by atoms with Crippen molar-refractivity contribution in [3.05, 3.63) is 53.0 Å². The Morgan fingerprint density at radius 1 is 1.16 bits per heavy atom. The molecule has 0 radical (unpaired) electrons. The molecule has 3 rings (SSSR count). The summed E-state index contributed by atoms with van der Waals surface area (Å²) in [6.07, 6.45) is 6.80. The predicted octanol–water partition coefficient (Wildman–Crippen LogP) is 4.01. The van der Waals surface area contributed by atoms with Crippen LogP contribution >= 0.6 is 0 Å². The van der Waals surface area contributed by atoms with Gasteiger partial charge in [0.05, 0.1) is 14.2 Å². The molecule has 1 fully saturated rings. The smallest absolute Gasteiger partial charge is 0.373 e. The number of hydrogen-bond acceptors (Lipinski definition) is 7. The number of hydrogen-bond donors (Lipinski definition) is 1. The molecule has 1 aromatic carbocycles. The summed E-state index contributed by atoms with van der Waals surface area (Å²) in [5.74, 6) is 0.495. The number of furan rings is 1. The highest BCUT2D eigenvalue weighted by molar-refractivity contribution is 6.01. The van der Waals surface area contributed by atoms with Crippen molar-refractivity contribution in [3.8, 4) is 17.6 Å². The number of nitrogens with one attached hydrogen (secondary N) is 1. The Labute approximate surface area is 186 Å². The lowest BCUT2D eigenvalue weighted by molar-refractivity contribution is -0.117. The first-order valence-electron chi connectivity index (χ1n) is 10.4. The van der Waals surface area contributed by atoms with Crippen LogP contribution in [0, 0.1) is 11.3 Å². The van der Waals surface area contributed by atoms with Crippen molar-refractivity contribution in [2.24, 2.45) is 0 Å². The van der Waals surface area contributed by atoms with E-state index >= 15 is 0 Å². The molecule has 1 saturated carbocycles. The monoisotopic (exact) mass is 438 g/mol. The van der Waals surface area contributed by atoms with Crippen LogP contribution in [0.2, 0.25) is 0 Å². The van der Waals surface area contributed by atoms with E-state index in [9.17, 15) is 14.9 Å². The van der Waals surface area contributed by atoms with Gasteiger partial charge in [-0.1, -0.05) is 25.3 Å². The standard InChI is InChI=1S/C24H26N2O6/c1-29-22-13-16(12-17(14-25)23(27)26-18-6-4-3-5-7-18)8-10-20(22)31-15-19-9-11-21(32-19)24(28)30-2/h8-13,18H,3-7,15H2,1-2H3,(H,26,27)/b17-12+. The summed E-state index contributed by atoms with van der Waals surface area (Å²) in [4.78, 5) is 24.0. The highest BCUT2D eigenvalue weighted by atomic mass is 16.5. The van der Waals surface area contributed by atoms with Gasteiger partial charge in [-0.2, -0.15) is 5.26 Å². The Morgan fingerprint density at radius 2 is 1.94 bits per heavy atom. The van der Waals surface area contributed by atoms with Gasteiger partial charge in [0.1, 0.15) is 24.0 Å². The number of amides is 1. The van der Waals surface area contributed by atoms with Gasteiger partial charge in [0.15, 0.2) is 11.5 Å². The maximum Gasteiger partial charge on any atom is 0.373 e. The molecule has 32 heavy (non-hydrogen) atoms. The maximum atomic E-state index is 12.5. The van der Waals surface area contributed by atoms with Gasteiger partial charge >= 0.3 is 5.97 Å². The molecule has 0 unspecified atom stereocenters. The van der Waals surface area contributed by atoms with Crippen LogP contribution in [0.15, 0.2) is 40.3 Å². The molecule has 1 aromatic heterocycles. The number of carbonyl (C=O) groups excluding carboxylic acids is 2. The highest BCUT2D eigenvalue weighted by Gasteiger charge is 2.18. The summed E-state index contributed by atoms with van der Waals surface area (Å²) in [6, 6.07) is 10.3. The molecule has 1 amide bonds. The van der Waals surface area contributed by atoms with Crippen molar-refractivity contribution >= 4 is 18.0 Å². The van der Waals surface area contributed by atoms with Gasteiger partial charge in [-0.3, -0.25) is 4.79 Å². The van der Waals surface area contributed by atoms with E-state index in [1.54, 1.807) is 24.3 Å². The minimum Gasteiger partial charge on any atom is -0.493 e. The van der Waals surface area contributed by atoms with E-state index in [0.717, 1.165) is 25.7 Å². The van der Waals surface area contributed by atoms with E-state index in [-0.39, 0.29) is 29.9 Å². The van der Waals surface area contributed by atoms with Gasteiger partial charge in [-0.15, -0.1) is 0 Å². The Hall–Kier alpha value is -3.73. The van der Waals surface area contributed by atoms with Crippen LogP contribution in [0.5, 0.6) is 11.5 Å². The van der Waals surface area contributed by atoms with Gasteiger partial charge in [-0.25, -0.2) is 4.79 Å². The number of benzene rings is 1. The molecule has 0 aliphatic heterocycles. The number of carbonyl (C=O) groups is 2. The van der Waals surface area contributed by atoms with Crippen LogP contribution in [0.25, 0.3) is 6.08 Å². The lowest BCUT2D eigenvalue weighted by Crippen LogP contribution is -2.36. The van der Waals surface area contributed by atoms with E-state index in [1.165, 1.54) is 32.8 Å². The van der Waals surface area contributed by atoms with Crippen molar-refractivity contribution in [2.75, 3.05) is 14.2 Å². The van der Waals surface area contributed by atoms with E-state index in [1.807, 2.05) is 6.07 Å². The number of ether oxygens (including phenoxy) is 3. The molecule has 168 valence electrons. The molecule has 8 nitrogen and oxygen atoms in total. The Bertz CT molecular complexity index is 1030. The highest BCUT2D eigenvalue weighted by Crippen LogP contribution is 2.30. The number of methoxy groups -OCH3 is 2. The minimum atomic E-state index is -0.564. The van der Waals surface area contributed by atoms with E-state index in [0.29, 0.717) is 22.8 Å². The van der Waals surface area contributed by atoms with Crippen LogP contribution in [-0.4, -0.2) is 32.1 Å². The first kappa shape index (κ1) is 22.9. The second-order valence-electron chi connectivity index (χ2n) is 7.43. The molecule has 2 aromatic rings. The zero-order valence-electron chi connectivity index (χ0n) is 18.2. The topological polar surface area (TPSA) is 111 Å². The summed E-state index contributed by atoms with van der Waals surface area (Å²) in [5, 5.41) is 12.4. The number of rotatable bonds is 8. The zero-order valence-corrected chi connectivity index (χ0v) is 18.2. The second-order valence-corrected chi connectivity index (χ2v) is 7.43. The van der Waals surface area contributed by atoms with Crippen LogP contribution < -0.4 is 14.8 Å². The third-order valence-corrected chi connectivity index (χ3v) is 5.22. The molecular formula is C24H26N2O6. The Kier molecular flexibility index (Phi) is 7.92. The summed E-state index contributed by atoms with van der Waals surface area (Å²) < 4.78 is 21.1.